The number of halogens is 1. The number of aromatic nitrogens is 2. The maximum atomic E-state index is 5.83. The molecule has 2 heterocycles. The van der Waals surface area contributed by atoms with Gasteiger partial charge in [-0.25, -0.2) is 4.98 Å². The molecule has 5 heteroatoms. The molecule has 98 valence electrons. The van der Waals surface area contributed by atoms with Gasteiger partial charge in [-0.05, 0) is 19.1 Å². The first kappa shape index (κ1) is 12.8. The SMILES string of the molecule is CC(N)Cc1cn2c(-c3cccc(Br)c3)csc2n1. The number of hydrogen-bond donors (Lipinski definition) is 1. The first-order valence-electron chi connectivity index (χ1n) is 6.10. The Morgan fingerprint density at radius 3 is 3.05 bits per heavy atom. The van der Waals surface area contributed by atoms with E-state index in [2.05, 4.69) is 49.0 Å². The van der Waals surface area contributed by atoms with Gasteiger partial charge >= 0.3 is 0 Å². The van der Waals surface area contributed by atoms with Crippen LogP contribution in [0.15, 0.2) is 40.3 Å². The molecule has 19 heavy (non-hydrogen) atoms. The third-order valence-corrected chi connectivity index (χ3v) is 4.24. The second-order valence-electron chi connectivity index (χ2n) is 4.70. The second kappa shape index (κ2) is 5.07. The molecule has 2 N–H and O–H groups in total. The molecule has 2 aromatic heterocycles. The Bertz CT molecular complexity index is 714. The number of fused-ring (bicyclic) bond motifs is 1. The van der Waals surface area contributed by atoms with Gasteiger partial charge in [-0.3, -0.25) is 4.40 Å². The second-order valence-corrected chi connectivity index (χ2v) is 6.45. The summed E-state index contributed by atoms with van der Waals surface area (Å²) in [6.45, 7) is 2.00. The predicted molar refractivity (Wildman–Crippen MR) is 83.6 cm³/mol. The fourth-order valence-electron chi connectivity index (χ4n) is 2.11. The normalized spacial score (nSPS) is 13.0. The topological polar surface area (TPSA) is 43.3 Å². The van der Waals surface area contributed by atoms with Crippen molar-refractivity contribution in [1.29, 1.82) is 0 Å². The van der Waals surface area contributed by atoms with Crippen LogP contribution in [0, 0.1) is 0 Å². The van der Waals surface area contributed by atoms with Crippen LogP contribution in [0.2, 0.25) is 0 Å². The van der Waals surface area contributed by atoms with E-state index in [-0.39, 0.29) is 6.04 Å². The molecule has 0 saturated heterocycles. The van der Waals surface area contributed by atoms with Gasteiger partial charge in [0.15, 0.2) is 4.96 Å². The number of nitrogens with zero attached hydrogens (tertiary/aromatic N) is 2. The van der Waals surface area contributed by atoms with Crippen molar-refractivity contribution in [2.45, 2.75) is 19.4 Å². The smallest absolute Gasteiger partial charge is 0.194 e. The fraction of sp³-hybridized carbons (Fsp3) is 0.214. The Morgan fingerprint density at radius 2 is 2.32 bits per heavy atom. The molecule has 0 radical (unpaired) electrons. The molecule has 0 bridgehead atoms. The van der Waals surface area contributed by atoms with Gasteiger partial charge in [0.05, 0.1) is 11.4 Å². The van der Waals surface area contributed by atoms with Crippen LogP contribution in [0.1, 0.15) is 12.6 Å². The zero-order valence-corrected chi connectivity index (χ0v) is 12.9. The molecule has 3 aromatic rings. The van der Waals surface area contributed by atoms with Crippen molar-refractivity contribution in [2.75, 3.05) is 0 Å². The van der Waals surface area contributed by atoms with Crippen molar-refractivity contribution in [1.82, 2.24) is 9.38 Å². The Kier molecular flexibility index (Phi) is 3.43. The van der Waals surface area contributed by atoms with Gasteiger partial charge < -0.3 is 5.73 Å². The first-order valence-corrected chi connectivity index (χ1v) is 7.78. The molecule has 0 saturated carbocycles. The molecule has 1 unspecified atom stereocenters. The molecule has 3 nitrogen and oxygen atoms in total. The van der Waals surface area contributed by atoms with Crippen molar-refractivity contribution >= 4 is 32.2 Å². The standard InChI is InChI=1S/C14H14BrN3S/c1-9(16)5-12-7-18-13(8-19-14(18)17-12)10-3-2-4-11(15)6-10/h2-4,6-9H,5,16H2,1H3. The van der Waals surface area contributed by atoms with Gasteiger partial charge in [-0.2, -0.15) is 0 Å². The summed E-state index contributed by atoms with van der Waals surface area (Å²) in [5.41, 5.74) is 9.24. The quantitative estimate of drug-likeness (QED) is 0.792. The lowest BCUT2D eigenvalue weighted by Crippen LogP contribution is -2.17. The van der Waals surface area contributed by atoms with Gasteiger partial charge in [0.2, 0.25) is 0 Å². The van der Waals surface area contributed by atoms with E-state index in [0.717, 1.165) is 21.5 Å². The van der Waals surface area contributed by atoms with E-state index < -0.39 is 0 Å². The van der Waals surface area contributed by atoms with Crippen LogP contribution < -0.4 is 5.73 Å². The average Bonchev–Trinajstić information content (AvgIpc) is 2.87. The predicted octanol–water partition coefficient (Wildman–Crippen LogP) is 3.72. The molecule has 0 fully saturated rings. The Labute approximate surface area is 124 Å². The van der Waals surface area contributed by atoms with Gasteiger partial charge in [0.25, 0.3) is 0 Å². The van der Waals surface area contributed by atoms with Crippen molar-refractivity contribution < 1.29 is 0 Å². The van der Waals surface area contributed by atoms with Crippen LogP contribution in [0.25, 0.3) is 16.2 Å². The number of benzene rings is 1. The molecule has 1 atom stereocenters. The van der Waals surface area contributed by atoms with Gasteiger partial charge in [-0.1, -0.05) is 28.1 Å². The monoisotopic (exact) mass is 335 g/mol. The number of rotatable bonds is 3. The highest BCUT2D eigenvalue weighted by Crippen LogP contribution is 2.28. The van der Waals surface area contributed by atoms with E-state index in [4.69, 9.17) is 5.73 Å². The first-order chi connectivity index (χ1) is 9.13. The van der Waals surface area contributed by atoms with Crippen LogP contribution in [0.4, 0.5) is 0 Å². The Morgan fingerprint density at radius 1 is 1.47 bits per heavy atom. The minimum absolute atomic E-state index is 0.138. The van der Waals surface area contributed by atoms with E-state index in [0.29, 0.717) is 0 Å². The average molecular weight is 336 g/mol. The van der Waals surface area contributed by atoms with Gasteiger partial charge in [0, 0.05) is 34.1 Å². The molecule has 0 aliphatic carbocycles. The maximum absolute atomic E-state index is 5.83. The highest BCUT2D eigenvalue weighted by Gasteiger charge is 2.10. The molecular formula is C14H14BrN3S. The zero-order chi connectivity index (χ0) is 13.4. The highest BCUT2D eigenvalue weighted by atomic mass is 79.9. The molecule has 3 rings (SSSR count). The molecule has 1 aromatic carbocycles. The maximum Gasteiger partial charge on any atom is 0.194 e. The summed E-state index contributed by atoms with van der Waals surface area (Å²) in [7, 11) is 0. The van der Waals surface area contributed by atoms with E-state index in [1.807, 2.05) is 19.1 Å². The summed E-state index contributed by atoms with van der Waals surface area (Å²) in [4.78, 5) is 5.63. The number of imidazole rings is 1. The molecule has 0 amide bonds. The molecule has 0 spiro atoms. The van der Waals surface area contributed by atoms with Gasteiger partial charge in [0.1, 0.15) is 0 Å². The van der Waals surface area contributed by atoms with E-state index in [1.54, 1.807) is 11.3 Å². The molecular weight excluding hydrogens is 322 g/mol. The van der Waals surface area contributed by atoms with Crippen LogP contribution in [0.5, 0.6) is 0 Å². The van der Waals surface area contributed by atoms with Crippen LogP contribution >= 0.6 is 27.3 Å². The van der Waals surface area contributed by atoms with E-state index >= 15 is 0 Å². The zero-order valence-electron chi connectivity index (χ0n) is 10.5. The summed E-state index contributed by atoms with van der Waals surface area (Å²) in [6.07, 6.45) is 2.90. The van der Waals surface area contributed by atoms with Crippen molar-refractivity contribution in [3.63, 3.8) is 0 Å². The number of nitrogens with two attached hydrogens (primary N) is 1. The van der Waals surface area contributed by atoms with Crippen molar-refractivity contribution in [3.8, 4) is 11.3 Å². The summed E-state index contributed by atoms with van der Waals surface area (Å²) >= 11 is 5.17. The largest absolute Gasteiger partial charge is 0.328 e. The lowest BCUT2D eigenvalue weighted by atomic mass is 10.2. The highest BCUT2D eigenvalue weighted by molar-refractivity contribution is 9.10. The van der Waals surface area contributed by atoms with E-state index in [9.17, 15) is 0 Å². The minimum atomic E-state index is 0.138. The van der Waals surface area contributed by atoms with Crippen LogP contribution in [0.3, 0.4) is 0 Å². The van der Waals surface area contributed by atoms with E-state index in [1.165, 1.54) is 11.3 Å². The fourth-order valence-corrected chi connectivity index (χ4v) is 3.41. The summed E-state index contributed by atoms with van der Waals surface area (Å²) in [6, 6.07) is 8.44. The Hall–Kier alpha value is -1.17. The Balaban J connectivity index is 2.07. The third-order valence-electron chi connectivity index (χ3n) is 2.91. The van der Waals surface area contributed by atoms with Crippen molar-refractivity contribution in [2.24, 2.45) is 5.73 Å². The lowest BCUT2D eigenvalue weighted by Gasteiger charge is -2.01. The van der Waals surface area contributed by atoms with Crippen molar-refractivity contribution in [3.05, 3.63) is 46.0 Å². The summed E-state index contributed by atoms with van der Waals surface area (Å²) < 4.78 is 3.23. The summed E-state index contributed by atoms with van der Waals surface area (Å²) in [5.74, 6) is 0. The minimum Gasteiger partial charge on any atom is -0.328 e. The number of hydrogen-bond acceptors (Lipinski definition) is 3. The number of thiazole rings is 1. The third kappa shape index (κ3) is 2.59. The summed E-state index contributed by atoms with van der Waals surface area (Å²) in [5, 5.41) is 2.14. The molecule has 0 aliphatic rings. The van der Waals surface area contributed by atoms with Crippen LogP contribution in [-0.4, -0.2) is 15.4 Å². The van der Waals surface area contributed by atoms with Crippen LogP contribution in [-0.2, 0) is 6.42 Å². The van der Waals surface area contributed by atoms with Gasteiger partial charge in [-0.15, -0.1) is 11.3 Å². The molecule has 0 aliphatic heterocycles. The lowest BCUT2D eigenvalue weighted by molar-refractivity contribution is 0.726.